The van der Waals surface area contributed by atoms with E-state index in [9.17, 15) is 18.6 Å². The number of anilines is 1. The van der Waals surface area contributed by atoms with Gasteiger partial charge in [0.1, 0.15) is 5.75 Å². The summed E-state index contributed by atoms with van der Waals surface area (Å²) in [6.45, 7) is -0.323. The number of rotatable bonds is 8. The number of sulfonamides is 1. The first-order valence-electron chi connectivity index (χ1n) is 16.1. The monoisotopic (exact) mass is 660 g/mol. The van der Waals surface area contributed by atoms with Crippen LogP contribution in [0.3, 0.4) is 0 Å². The summed E-state index contributed by atoms with van der Waals surface area (Å²) in [5.41, 5.74) is 6.10. The molecule has 4 atom stereocenters. The van der Waals surface area contributed by atoms with Crippen molar-refractivity contribution in [1.82, 2.24) is 4.90 Å². The SMILES string of the molecule is COCOc1cc(CO)cc2c1C[C@H](O)[C@@H]1[C@H](CN2S(=O)(=O)c2ccccc2)N1C1(c2ccccc2)c2ccccc2-c2ccccc21. The molecule has 1 saturated heterocycles. The minimum Gasteiger partial charge on any atom is -0.467 e. The van der Waals surface area contributed by atoms with Crippen molar-refractivity contribution in [3.05, 3.63) is 149 Å². The maximum atomic E-state index is 14.7. The molecule has 2 aliphatic heterocycles. The number of hydrogen-bond donors (Lipinski definition) is 2. The van der Waals surface area contributed by atoms with Gasteiger partial charge < -0.3 is 19.7 Å². The lowest BCUT2D eigenvalue weighted by atomic mass is 9.80. The zero-order valence-corrected chi connectivity index (χ0v) is 27.3. The molecular weight excluding hydrogens is 625 g/mol. The fourth-order valence-electron chi connectivity index (χ4n) is 8.04. The van der Waals surface area contributed by atoms with Gasteiger partial charge in [0.25, 0.3) is 10.0 Å². The molecule has 9 heteroatoms. The molecule has 8 rings (SSSR count). The number of hydrogen-bond acceptors (Lipinski definition) is 7. The highest BCUT2D eigenvalue weighted by Gasteiger charge is 2.66. The van der Waals surface area contributed by atoms with Gasteiger partial charge in [0.05, 0.1) is 41.4 Å². The molecule has 2 heterocycles. The standard InChI is InChI=1S/C39H36N2O6S/c1-46-25-47-37-21-26(24-42)20-34-31(37)22-36(43)38-35(23-40(34)48(44,45)28-14-6-3-7-15-28)41(38)39(27-12-4-2-5-13-27)32-18-10-8-16-29(32)30-17-9-11-19-33(30)39/h2-21,35-36,38,42-43H,22-25H2,1H3/t35-,36-,38-,41?/m0/s1. The molecule has 5 aromatic carbocycles. The maximum Gasteiger partial charge on any atom is 0.264 e. The number of methoxy groups -OCH3 is 1. The van der Waals surface area contributed by atoms with Crippen LogP contribution in [0, 0.1) is 0 Å². The van der Waals surface area contributed by atoms with E-state index in [1.807, 2.05) is 42.5 Å². The maximum absolute atomic E-state index is 14.7. The van der Waals surface area contributed by atoms with E-state index in [4.69, 9.17) is 9.47 Å². The molecule has 2 N–H and O–H groups in total. The van der Waals surface area contributed by atoms with Crippen molar-refractivity contribution >= 4 is 15.7 Å². The number of nitrogens with zero attached hydrogens (tertiary/aromatic N) is 2. The third-order valence-corrected chi connectivity index (χ3v) is 11.8. The summed E-state index contributed by atoms with van der Waals surface area (Å²) >= 11 is 0. The quantitative estimate of drug-likeness (QED) is 0.172. The Hall–Kier alpha value is -4.51. The van der Waals surface area contributed by atoms with E-state index in [0.717, 1.165) is 27.8 Å². The Labute approximate surface area is 280 Å². The number of fused-ring (bicyclic) bond motifs is 5. The minimum atomic E-state index is -4.10. The Kier molecular flexibility index (Phi) is 7.62. The second-order valence-corrected chi connectivity index (χ2v) is 14.4. The van der Waals surface area contributed by atoms with Crippen LogP contribution in [-0.4, -0.2) is 62.2 Å². The van der Waals surface area contributed by atoms with E-state index >= 15 is 0 Å². The first-order chi connectivity index (χ1) is 23.4. The average Bonchev–Trinajstić information content (AvgIpc) is 3.76. The van der Waals surface area contributed by atoms with Crippen LogP contribution in [0.4, 0.5) is 5.69 Å². The topological polar surface area (TPSA) is 99.3 Å². The first-order valence-corrected chi connectivity index (χ1v) is 17.5. The number of benzene rings is 5. The molecule has 244 valence electrons. The molecule has 1 aliphatic carbocycles. The molecule has 8 nitrogen and oxygen atoms in total. The highest BCUT2D eigenvalue weighted by Crippen LogP contribution is 2.61. The molecule has 48 heavy (non-hydrogen) atoms. The molecule has 3 aliphatic rings. The lowest BCUT2D eigenvalue weighted by Crippen LogP contribution is -2.41. The third-order valence-electron chi connectivity index (χ3n) is 10.0. The first kappa shape index (κ1) is 30.8. The zero-order valence-electron chi connectivity index (χ0n) is 26.4. The Balaban J connectivity index is 1.36. The zero-order chi connectivity index (χ0) is 33.0. The van der Waals surface area contributed by atoms with Gasteiger partial charge in [0, 0.05) is 25.1 Å². The van der Waals surface area contributed by atoms with Crippen LogP contribution in [0.15, 0.2) is 126 Å². The molecule has 5 aromatic rings. The van der Waals surface area contributed by atoms with Crippen molar-refractivity contribution in [1.29, 1.82) is 0 Å². The van der Waals surface area contributed by atoms with Gasteiger partial charge in [0.2, 0.25) is 0 Å². The van der Waals surface area contributed by atoms with Crippen LogP contribution < -0.4 is 9.04 Å². The number of aliphatic hydroxyl groups excluding tert-OH is 2. The molecule has 1 fully saturated rings. The van der Waals surface area contributed by atoms with Crippen LogP contribution in [0.1, 0.15) is 27.8 Å². The fourth-order valence-corrected chi connectivity index (χ4v) is 9.57. The molecule has 0 aromatic heterocycles. The average molecular weight is 661 g/mol. The minimum absolute atomic E-state index is 0.0729. The van der Waals surface area contributed by atoms with Crippen molar-refractivity contribution in [2.75, 3.05) is 24.8 Å². The van der Waals surface area contributed by atoms with Crippen LogP contribution in [0.2, 0.25) is 0 Å². The normalized spacial score (nSPS) is 22.0. The molecule has 0 amide bonds. The van der Waals surface area contributed by atoms with E-state index in [2.05, 4.69) is 41.3 Å². The molecule has 0 spiro atoms. The Morgan fingerprint density at radius 2 is 1.44 bits per heavy atom. The van der Waals surface area contributed by atoms with E-state index in [1.165, 1.54) is 11.4 Å². The summed E-state index contributed by atoms with van der Waals surface area (Å²) in [7, 11) is -2.59. The van der Waals surface area contributed by atoms with Crippen molar-refractivity contribution in [2.24, 2.45) is 0 Å². The van der Waals surface area contributed by atoms with Crippen molar-refractivity contribution < 1.29 is 28.1 Å². The molecule has 0 bridgehead atoms. The Morgan fingerprint density at radius 3 is 2.06 bits per heavy atom. The summed E-state index contributed by atoms with van der Waals surface area (Å²) in [5.74, 6) is 0.366. The van der Waals surface area contributed by atoms with E-state index in [0.29, 0.717) is 22.6 Å². The number of aliphatic hydroxyl groups is 2. The summed E-state index contributed by atoms with van der Waals surface area (Å²) in [6.07, 6.45) is -0.729. The third kappa shape index (κ3) is 4.61. The fraction of sp³-hybridized carbons (Fsp3) is 0.231. The van der Waals surface area contributed by atoms with Crippen molar-refractivity contribution in [3.63, 3.8) is 0 Å². The lowest BCUT2D eigenvalue weighted by molar-refractivity contribution is 0.0495. The molecule has 0 radical (unpaired) electrons. The van der Waals surface area contributed by atoms with Gasteiger partial charge in [-0.1, -0.05) is 97.1 Å². The van der Waals surface area contributed by atoms with Crippen LogP contribution in [0.25, 0.3) is 11.1 Å². The second kappa shape index (κ2) is 11.9. The van der Waals surface area contributed by atoms with Gasteiger partial charge >= 0.3 is 0 Å². The molecule has 0 saturated carbocycles. The highest BCUT2D eigenvalue weighted by atomic mass is 32.2. The van der Waals surface area contributed by atoms with Crippen LogP contribution in [-0.2, 0) is 33.3 Å². The van der Waals surface area contributed by atoms with Gasteiger partial charge in [-0.2, -0.15) is 0 Å². The van der Waals surface area contributed by atoms with Crippen molar-refractivity contribution in [2.45, 2.75) is 41.6 Å². The summed E-state index contributed by atoms with van der Waals surface area (Å²) < 4.78 is 42.0. The van der Waals surface area contributed by atoms with Gasteiger partial charge in [-0.15, -0.1) is 0 Å². The summed E-state index contributed by atoms with van der Waals surface area (Å²) in [5, 5.41) is 22.4. The van der Waals surface area contributed by atoms with Crippen LogP contribution in [0.5, 0.6) is 5.75 Å². The second-order valence-electron chi connectivity index (χ2n) is 12.6. The van der Waals surface area contributed by atoms with Gasteiger partial charge in [-0.05, 0) is 57.6 Å². The largest absolute Gasteiger partial charge is 0.467 e. The van der Waals surface area contributed by atoms with Crippen LogP contribution >= 0.6 is 0 Å². The van der Waals surface area contributed by atoms with E-state index in [-0.39, 0.29) is 43.3 Å². The van der Waals surface area contributed by atoms with Crippen molar-refractivity contribution in [3.8, 4) is 16.9 Å². The molecular formula is C39H36N2O6S. The van der Waals surface area contributed by atoms with E-state index in [1.54, 1.807) is 42.5 Å². The van der Waals surface area contributed by atoms with Gasteiger partial charge in [-0.3, -0.25) is 9.21 Å². The predicted molar refractivity (Wildman–Crippen MR) is 183 cm³/mol. The summed E-state index contributed by atoms with van der Waals surface area (Å²) in [6, 6.07) is 38.1. The number of ether oxygens (including phenoxy) is 2. The summed E-state index contributed by atoms with van der Waals surface area (Å²) in [4.78, 5) is 2.48. The van der Waals surface area contributed by atoms with Gasteiger partial charge in [-0.25, -0.2) is 8.42 Å². The predicted octanol–water partition coefficient (Wildman–Crippen LogP) is 5.30. The lowest BCUT2D eigenvalue weighted by Gasteiger charge is -2.36. The smallest absolute Gasteiger partial charge is 0.264 e. The molecule has 1 unspecified atom stereocenters. The Morgan fingerprint density at radius 1 is 0.833 bits per heavy atom. The highest BCUT2D eigenvalue weighted by molar-refractivity contribution is 7.92. The van der Waals surface area contributed by atoms with Gasteiger partial charge in [0.15, 0.2) is 6.79 Å². The Bertz CT molecular complexity index is 2040. The van der Waals surface area contributed by atoms with E-state index < -0.39 is 21.7 Å².